The molecule has 1 heterocycles. The second kappa shape index (κ2) is 11.7. The summed E-state index contributed by atoms with van der Waals surface area (Å²) in [6.45, 7) is 6.67. The van der Waals surface area contributed by atoms with Gasteiger partial charge in [-0.3, -0.25) is 14.5 Å². The lowest BCUT2D eigenvalue weighted by atomic mass is 9.77. The zero-order valence-corrected chi connectivity index (χ0v) is 21.7. The van der Waals surface area contributed by atoms with Gasteiger partial charge in [0.05, 0.1) is 12.6 Å². The van der Waals surface area contributed by atoms with E-state index in [1.807, 2.05) is 37.3 Å². The summed E-state index contributed by atoms with van der Waals surface area (Å²) in [6.07, 6.45) is 2.29. The number of carbonyl (C=O) groups excluding carboxylic acids is 2. The highest BCUT2D eigenvalue weighted by atomic mass is 16.5. The van der Waals surface area contributed by atoms with Crippen molar-refractivity contribution in [3.63, 3.8) is 0 Å². The standard InChI is InChI=1S/C31H38N2O3/c1-23(24(2)21-30(35)36-3)20-29(34)31(32-27-13-5-4-6-14-27)16-18-33(19-17-31)22-26-12-9-11-25-10-7-8-15-28(25)26/h4-15,23-24,32H,16-22H2,1-3H3/t23-,24?/m1/s1. The molecule has 0 aromatic heterocycles. The SMILES string of the molecule is COC(=O)CC(C)[C@H](C)CC(=O)C1(Nc2ccccc2)CCN(Cc2cccc3ccccc23)CC1. The van der Waals surface area contributed by atoms with Gasteiger partial charge in [-0.2, -0.15) is 0 Å². The van der Waals surface area contributed by atoms with E-state index in [1.165, 1.54) is 23.4 Å². The first kappa shape index (κ1) is 25.9. The summed E-state index contributed by atoms with van der Waals surface area (Å²) >= 11 is 0. The number of anilines is 1. The van der Waals surface area contributed by atoms with Crippen LogP contribution in [0.25, 0.3) is 10.8 Å². The predicted molar refractivity (Wildman–Crippen MR) is 146 cm³/mol. The molecule has 1 aliphatic heterocycles. The molecule has 0 spiro atoms. The van der Waals surface area contributed by atoms with Crippen molar-refractivity contribution in [3.05, 3.63) is 78.4 Å². The van der Waals surface area contributed by atoms with E-state index in [-0.39, 0.29) is 23.6 Å². The molecule has 0 bridgehead atoms. The van der Waals surface area contributed by atoms with Crippen LogP contribution < -0.4 is 5.32 Å². The van der Waals surface area contributed by atoms with Gasteiger partial charge in [-0.25, -0.2) is 0 Å². The van der Waals surface area contributed by atoms with Gasteiger partial charge < -0.3 is 10.1 Å². The van der Waals surface area contributed by atoms with Gasteiger partial charge in [-0.15, -0.1) is 0 Å². The molecule has 0 saturated carbocycles. The van der Waals surface area contributed by atoms with Gasteiger partial charge in [0.15, 0.2) is 5.78 Å². The molecule has 4 rings (SSSR count). The number of hydrogen-bond acceptors (Lipinski definition) is 5. The summed E-state index contributed by atoms with van der Waals surface area (Å²) in [5, 5.41) is 6.19. The number of piperidine rings is 1. The third-order valence-electron chi connectivity index (χ3n) is 7.87. The molecule has 0 amide bonds. The number of rotatable bonds is 10. The fourth-order valence-corrected chi connectivity index (χ4v) is 5.27. The topological polar surface area (TPSA) is 58.6 Å². The van der Waals surface area contributed by atoms with Crippen molar-refractivity contribution < 1.29 is 14.3 Å². The molecule has 1 aliphatic rings. The van der Waals surface area contributed by atoms with E-state index >= 15 is 0 Å². The van der Waals surface area contributed by atoms with Crippen LogP contribution in [0, 0.1) is 11.8 Å². The first-order valence-corrected chi connectivity index (χ1v) is 13.0. The molecular weight excluding hydrogens is 448 g/mol. The van der Waals surface area contributed by atoms with E-state index in [0.29, 0.717) is 12.8 Å². The number of methoxy groups -OCH3 is 1. The minimum Gasteiger partial charge on any atom is -0.469 e. The number of benzene rings is 3. The Balaban J connectivity index is 1.47. The third-order valence-corrected chi connectivity index (χ3v) is 7.87. The van der Waals surface area contributed by atoms with Crippen LogP contribution in [0.3, 0.4) is 0 Å². The summed E-state index contributed by atoms with van der Waals surface area (Å²) in [5.74, 6) is 0.197. The maximum atomic E-state index is 13.8. The number of Topliss-reactive ketones (excluding diaryl/α,β-unsaturated/α-hetero) is 1. The second-order valence-corrected chi connectivity index (χ2v) is 10.3. The molecule has 1 N–H and O–H groups in total. The Hall–Kier alpha value is -3.18. The van der Waals surface area contributed by atoms with Crippen molar-refractivity contribution >= 4 is 28.2 Å². The van der Waals surface area contributed by atoms with Crippen molar-refractivity contribution in [1.82, 2.24) is 4.90 Å². The fourth-order valence-electron chi connectivity index (χ4n) is 5.27. The molecule has 5 nitrogen and oxygen atoms in total. The number of likely N-dealkylation sites (tertiary alicyclic amines) is 1. The van der Waals surface area contributed by atoms with E-state index in [4.69, 9.17) is 4.74 Å². The van der Waals surface area contributed by atoms with Crippen LogP contribution in [0.15, 0.2) is 72.8 Å². The molecule has 5 heteroatoms. The number of fused-ring (bicyclic) bond motifs is 1. The normalized spacial score (nSPS) is 17.3. The quantitative estimate of drug-likeness (QED) is 0.352. The predicted octanol–water partition coefficient (Wildman–Crippen LogP) is 6.08. The number of nitrogens with one attached hydrogen (secondary N) is 1. The van der Waals surface area contributed by atoms with E-state index < -0.39 is 5.54 Å². The smallest absolute Gasteiger partial charge is 0.305 e. The van der Waals surface area contributed by atoms with Gasteiger partial charge in [0, 0.05) is 38.2 Å². The number of nitrogens with zero attached hydrogens (tertiary/aromatic N) is 1. The lowest BCUT2D eigenvalue weighted by molar-refractivity contribution is -0.142. The van der Waals surface area contributed by atoms with Gasteiger partial charge in [-0.1, -0.05) is 74.5 Å². The Morgan fingerprint density at radius 3 is 2.25 bits per heavy atom. The largest absolute Gasteiger partial charge is 0.469 e. The molecule has 1 saturated heterocycles. The Labute approximate surface area is 214 Å². The molecule has 1 unspecified atom stereocenters. The zero-order chi connectivity index (χ0) is 25.5. The van der Waals surface area contributed by atoms with Crippen LogP contribution in [0.1, 0.15) is 45.1 Å². The average Bonchev–Trinajstić information content (AvgIpc) is 2.90. The van der Waals surface area contributed by atoms with E-state index in [2.05, 4.69) is 59.6 Å². The second-order valence-electron chi connectivity index (χ2n) is 10.3. The fraction of sp³-hybridized carbons (Fsp3) is 0.419. The number of para-hydroxylation sites is 1. The maximum absolute atomic E-state index is 13.8. The summed E-state index contributed by atoms with van der Waals surface area (Å²) < 4.78 is 4.84. The van der Waals surface area contributed by atoms with Gasteiger partial charge in [0.1, 0.15) is 0 Å². The molecule has 0 radical (unpaired) electrons. The van der Waals surface area contributed by atoms with Gasteiger partial charge in [0.2, 0.25) is 0 Å². The first-order valence-electron chi connectivity index (χ1n) is 13.0. The Morgan fingerprint density at radius 2 is 1.53 bits per heavy atom. The van der Waals surface area contributed by atoms with Crippen LogP contribution in [0.4, 0.5) is 5.69 Å². The molecule has 3 aromatic rings. The highest BCUT2D eigenvalue weighted by Gasteiger charge is 2.41. The lowest BCUT2D eigenvalue weighted by Crippen LogP contribution is -2.54. The van der Waals surface area contributed by atoms with Crippen molar-refractivity contribution in [2.75, 3.05) is 25.5 Å². The number of esters is 1. The van der Waals surface area contributed by atoms with Crippen LogP contribution in [-0.4, -0.2) is 42.4 Å². The highest BCUT2D eigenvalue weighted by molar-refractivity contribution is 5.92. The van der Waals surface area contributed by atoms with Gasteiger partial charge >= 0.3 is 5.97 Å². The van der Waals surface area contributed by atoms with Crippen molar-refractivity contribution in [2.24, 2.45) is 11.8 Å². The molecule has 0 aliphatic carbocycles. The third kappa shape index (κ3) is 6.14. The monoisotopic (exact) mass is 486 g/mol. The molecular formula is C31H38N2O3. The minimum absolute atomic E-state index is 0.0848. The van der Waals surface area contributed by atoms with Crippen molar-refractivity contribution in [2.45, 2.75) is 51.6 Å². The summed E-state index contributed by atoms with van der Waals surface area (Å²) in [6, 6.07) is 25.1. The van der Waals surface area contributed by atoms with E-state index in [1.54, 1.807) is 0 Å². The number of hydrogen-bond donors (Lipinski definition) is 1. The molecule has 36 heavy (non-hydrogen) atoms. The number of carbonyl (C=O) groups is 2. The highest BCUT2D eigenvalue weighted by Crippen LogP contribution is 2.33. The maximum Gasteiger partial charge on any atom is 0.305 e. The molecule has 190 valence electrons. The Kier molecular flexibility index (Phi) is 8.42. The molecule has 3 aromatic carbocycles. The lowest BCUT2D eigenvalue weighted by Gasteiger charge is -2.42. The van der Waals surface area contributed by atoms with Gasteiger partial charge in [0.25, 0.3) is 0 Å². The Morgan fingerprint density at radius 1 is 0.889 bits per heavy atom. The Bertz CT molecular complexity index is 1160. The van der Waals surface area contributed by atoms with E-state index in [0.717, 1.165) is 38.2 Å². The van der Waals surface area contributed by atoms with Gasteiger partial charge in [-0.05, 0) is 53.1 Å². The molecule has 1 fully saturated rings. The summed E-state index contributed by atoms with van der Waals surface area (Å²) in [7, 11) is 1.41. The number of ether oxygens (including phenoxy) is 1. The minimum atomic E-state index is -0.601. The summed E-state index contributed by atoms with van der Waals surface area (Å²) in [5.41, 5.74) is 1.70. The summed E-state index contributed by atoms with van der Waals surface area (Å²) in [4.78, 5) is 28.1. The molecule has 2 atom stereocenters. The van der Waals surface area contributed by atoms with E-state index in [9.17, 15) is 9.59 Å². The van der Waals surface area contributed by atoms with Crippen molar-refractivity contribution in [3.8, 4) is 0 Å². The average molecular weight is 487 g/mol. The van der Waals surface area contributed by atoms with Crippen LogP contribution >= 0.6 is 0 Å². The van der Waals surface area contributed by atoms with Crippen molar-refractivity contribution in [1.29, 1.82) is 0 Å². The van der Waals surface area contributed by atoms with Crippen LogP contribution in [0.5, 0.6) is 0 Å². The zero-order valence-electron chi connectivity index (χ0n) is 21.7. The van der Waals surface area contributed by atoms with Crippen LogP contribution in [-0.2, 0) is 20.9 Å². The van der Waals surface area contributed by atoms with Crippen LogP contribution in [0.2, 0.25) is 0 Å². The first-order chi connectivity index (χ1) is 17.4. The number of ketones is 1.